The molecule has 0 fully saturated rings. The smallest absolute Gasteiger partial charge is 0.127 e. The van der Waals surface area contributed by atoms with Crippen LogP contribution in [-0.4, -0.2) is 7.11 Å². The normalized spacial score (nSPS) is 12.3. The summed E-state index contributed by atoms with van der Waals surface area (Å²) in [6.07, 6.45) is 0. The first kappa shape index (κ1) is 16.8. The molecule has 0 saturated carbocycles. The fourth-order valence-electron chi connectivity index (χ4n) is 2.39. The van der Waals surface area contributed by atoms with E-state index < -0.39 is 0 Å². The Morgan fingerprint density at radius 3 is 2.38 bits per heavy atom. The van der Waals surface area contributed by atoms with E-state index in [1.165, 1.54) is 0 Å². The number of hydrogen-bond acceptors (Lipinski definition) is 2. The number of benzene rings is 2. The maximum atomic E-state index is 6.49. The maximum Gasteiger partial charge on any atom is 0.127 e. The van der Waals surface area contributed by atoms with Gasteiger partial charge in [-0.1, -0.05) is 33.6 Å². The van der Waals surface area contributed by atoms with Crippen molar-refractivity contribution < 1.29 is 4.74 Å². The molecule has 0 amide bonds. The first-order chi connectivity index (χ1) is 9.86. The van der Waals surface area contributed by atoms with E-state index >= 15 is 0 Å². The molecule has 2 aromatic rings. The molecular weight excluding hydrogens is 417 g/mol. The molecule has 112 valence electrons. The highest BCUT2D eigenvalue weighted by Crippen LogP contribution is 2.38. The molecule has 2 aromatic carbocycles. The minimum atomic E-state index is -0.287. The lowest BCUT2D eigenvalue weighted by Gasteiger charge is -2.22. The third-order valence-electron chi connectivity index (χ3n) is 3.53. The molecule has 0 aromatic heterocycles. The van der Waals surface area contributed by atoms with Gasteiger partial charge in [0.15, 0.2) is 0 Å². The van der Waals surface area contributed by atoms with Crippen LogP contribution in [0.1, 0.15) is 28.3 Å². The molecule has 2 N–H and O–H groups in total. The van der Waals surface area contributed by atoms with Crippen LogP contribution in [-0.2, 0) is 0 Å². The van der Waals surface area contributed by atoms with Gasteiger partial charge in [0.1, 0.15) is 5.75 Å². The summed E-state index contributed by atoms with van der Waals surface area (Å²) < 4.78 is 7.43. The quantitative estimate of drug-likeness (QED) is 0.690. The minimum absolute atomic E-state index is 0.287. The van der Waals surface area contributed by atoms with Crippen molar-refractivity contribution in [2.45, 2.75) is 19.9 Å². The van der Waals surface area contributed by atoms with Gasteiger partial charge in [-0.2, -0.15) is 0 Å². The molecule has 1 unspecified atom stereocenters. The highest BCUT2D eigenvalue weighted by atomic mass is 79.9. The Labute approximate surface area is 146 Å². The standard InChI is InChI=1S/C16H16Br2ClNO/c1-8-6-11(17)9(2)14(16(8)21-3)15(20)10-4-5-13(19)12(18)7-10/h4-7,15H,20H2,1-3H3. The molecule has 0 radical (unpaired) electrons. The zero-order valence-corrected chi connectivity index (χ0v) is 15.9. The second-order valence-corrected chi connectivity index (χ2v) is 7.01. The summed E-state index contributed by atoms with van der Waals surface area (Å²) >= 11 is 13.1. The van der Waals surface area contributed by atoms with E-state index in [0.29, 0.717) is 5.02 Å². The van der Waals surface area contributed by atoms with Gasteiger partial charge >= 0.3 is 0 Å². The van der Waals surface area contributed by atoms with Crippen LogP contribution in [0.3, 0.4) is 0 Å². The molecule has 1 atom stereocenters. The topological polar surface area (TPSA) is 35.2 Å². The van der Waals surface area contributed by atoms with Crippen LogP contribution >= 0.6 is 43.5 Å². The number of aryl methyl sites for hydroxylation is 1. The lowest BCUT2D eigenvalue weighted by atomic mass is 9.93. The van der Waals surface area contributed by atoms with Crippen LogP contribution in [0.4, 0.5) is 0 Å². The number of ether oxygens (including phenoxy) is 1. The molecule has 2 rings (SSSR count). The minimum Gasteiger partial charge on any atom is -0.496 e. The predicted molar refractivity (Wildman–Crippen MR) is 95.4 cm³/mol. The van der Waals surface area contributed by atoms with Crippen LogP contribution in [0.2, 0.25) is 5.02 Å². The fourth-order valence-corrected chi connectivity index (χ4v) is 3.46. The van der Waals surface area contributed by atoms with Gasteiger partial charge in [0.2, 0.25) is 0 Å². The second kappa shape index (κ2) is 6.69. The van der Waals surface area contributed by atoms with E-state index in [1.807, 2.05) is 38.1 Å². The molecule has 0 aliphatic heterocycles. The molecular formula is C16H16Br2ClNO. The van der Waals surface area contributed by atoms with Crippen molar-refractivity contribution in [1.29, 1.82) is 0 Å². The summed E-state index contributed by atoms with van der Waals surface area (Å²) in [5.74, 6) is 0.828. The van der Waals surface area contributed by atoms with E-state index in [9.17, 15) is 0 Å². The van der Waals surface area contributed by atoms with Gasteiger partial charge in [-0.15, -0.1) is 0 Å². The van der Waals surface area contributed by atoms with Crippen molar-refractivity contribution in [2.75, 3.05) is 7.11 Å². The summed E-state index contributed by atoms with van der Waals surface area (Å²) in [5.41, 5.74) is 10.6. The van der Waals surface area contributed by atoms with Gasteiger partial charge in [-0.05, 0) is 64.7 Å². The van der Waals surface area contributed by atoms with Gasteiger partial charge in [0.05, 0.1) is 18.2 Å². The molecule has 0 bridgehead atoms. The number of halogens is 3. The third kappa shape index (κ3) is 3.29. The Hall–Kier alpha value is -0.550. The average Bonchev–Trinajstić information content (AvgIpc) is 2.44. The SMILES string of the molecule is COc1c(C)cc(Br)c(C)c1C(N)c1ccc(Cl)c(Br)c1. The zero-order valence-electron chi connectivity index (χ0n) is 12.0. The third-order valence-corrected chi connectivity index (χ3v) is 5.56. The largest absolute Gasteiger partial charge is 0.496 e. The van der Waals surface area contributed by atoms with E-state index in [2.05, 4.69) is 31.9 Å². The molecule has 0 aliphatic rings. The molecule has 0 saturated heterocycles. The van der Waals surface area contributed by atoms with Crippen molar-refractivity contribution in [2.24, 2.45) is 5.73 Å². The van der Waals surface area contributed by atoms with E-state index in [-0.39, 0.29) is 6.04 Å². The monoisotopic (exact) mass is 431 g/mol. The van der Waals surface area contributed by atoms with E-state index in [4.69, 9.17) is 22.1 Å². The Balaban J connectivity index is 2.62. The van der Waals surface area contributed by atoms with Gasteiger partial charge in [0.25, 0.3) is 0 Å². The average molecular weight is 434 g/mol. The van der Waals surface area contributed by atoms with Crippen LogP contribution in [0.25, 0.3) is 0 Å². The molecule has 0 aliphatic carbocycles. The number of nitrogens with two attached hydrogens (primary N) is 1. The Morgan fingerprint density at radius 1 is 1.14 bits per heavy atom. The molecule has 0 spiro atoms. The summed E-state index contributed by atoms with van der Waals surface area (Å²) in [6, 6.07) is 7.48. The van der Waals surface area contributed by atoms with Crippen molar-refractivity contribution in [1.82, 2.24) is 0 Å². The lowest BCUT2D eigenvalue weighted by Crippen LogP contribution is -2.15. The Morgan fingerprint density at radius 2 is 1.81 bits per heavy atom. The Bertz CT molecular complexity index is 688. The van der Waals surface area contributed by atoms with Gasteiger partial charge in [-0.25, -0.2) is 0 Å². The summed E-state index contributed by atoms with van der Waals surface area (Å²) in [4.78, 5) is 0. The van der Waals surface area contributed by atoms with Crippen molar-refractivity contribution in [3.63, 3.8) is 0 Å². The number of methoxy groups -OCH3 is 1. The van der Waals surface area contributed by atoms with E-state index in [1.54, 1.807) is 7.11 Å². The first-order valence-electron chi connectivity index (χ1n) is 6.41. The van der Waals surface area contributed by atoms with Gasteiger partial charge in [-0.3, -0.25) is 0 Å². The van der Waals surface area contributed by atoms with Gasteiger partial charge in [0, 0.05) is 14.5 Å². The molecule has 2 nitrogen and oxygen atoms in total. The zero-order chi connectivity index (χ0) is 15.7. The highest BCUT2D eigenvalue weighted by Gasteiger charge is 2.21. The van der Waals surface area contributed by atoms with Crippen LogP contribution < -0.4 is 10.5 Å². The lowest BCUT2D eigenvalue weighted by molar-refractivity contribution is 0.404. The molecule has 21 heavy (non-hydrogen) atoms. The van der Waals surface area contributed by atoms with Crippen molar-refractivity contribution in [3.05, 3.63) is 60.5 Å². The number of rotatable bonds is 3. The van der Waals surface area contributed by atoms with Crippen molar-refractivity contribution in [3.8, 4) is 5.75 Å². The van der Waals surface area contributed by atoms with Crippen LogP contribution in [0.15, 0.2) is 33.2 Å². The fraction of sp³-hybridized carbons (Fsp3) is 0.250. The van der Waals surface area contributed by atoms with Crippen LogP contribution in [0.5, 0.6) is 5.75 Å². The number of hydrogen-bond donors (Lipinski definition) is 1. The van der Waals surface area contributed by atoms with Crippen molar-refractivity contribution >= 4 is 43.5 Å². The van der Waals surface area contributed by atoms with E-state index in [0.717, 1.165) is 36.9 Å². The Kier molecular flexibility index (Phi) is 5.36. The molecule has 5 heteroatoms. The van der Waals surface area contributed by atoms with Crippen LogP contribution in [0, 0.1) is 13.8 Å². The molecule has 0 heterocycles. The van der Waals surface area contributed by atoms with Gasteiger partial charge < -0.3 is 10.5 Å². The first-order valence-corrected chi connectivity index (χ1v) is 8.37. The summed E-state index contributed by atoms with van der Waals surface area (Å²) in [5, 5.41) is 0.667. The summed E-state index contributed by atoms with van der Waals surface area (Å²) in [7, 11) is 1.67. The second-order valence-electron chi connectivity index (χ2n) is 4.90. The highest BCUT2D eigenvalue weighted by molar-refractivity contribution is 9.10. The maximum absolute atomic E-state index is 6.49. The summed E-state index contributed by atoms with van der Waals surface area (Å²) in [6.45, 7) is 4.04. The predicted octanol–water partition coefficient (Wildman–Crippen LogP) is 5.54.